The Kier molecular flexibility index (Phi) is 4.93. The monoisotopic (exact) mass is 351 g/mol. The van der Waals surface area contributed by atoms with Crippen LogP contribution in [0.2, 0.25) is 0 Å². The van der Waals surface area contributed by atoms with Crippen molar-refractivity contribution in [1.82, 2.24) is 9.36 Å². The minimum atomic E-state index is -0.271. The molecule has 1 heterocycles. The number of para-hydroxylation sites is 2. The van der Waals surface area contributed by atoms with E-state index in [0.29, 0.717) is 17.7 Å². The highest BCUT2D eigenvalue weighted by atomic mass is 16.3. The lowest BCUT2D eigenvalue weighted by Crippen LogP contribution is -2.23. The Morgan fingerprint density at radius 1 is 1.08 bits per heavy atom. The molecule has 0 fully saturated rings. The number of carbonyl (C=O) groups is 1. The van der Waals surface area contributed by atoms with E-state index in [9.17, 15) is 14.7 Å². The number of phenolic OH excluding ortho intramolecular Hbond substituents is 1. The first-order valence-corrected chi connectivity index (χ1v) is 8.40. The molecular weight excluding hydrogens is 330 g/mol. The van der Waals surface area contributed by atoms with Gasteiger partial charge in [-0.3, -0.25) is 14.3 Å². The molecule has 2 aromatic carbocycles. The molecule has 0 radical (unpaired) electrons. The highest BCUT2D eigenvalue weighted by Crippen LogP contribution is 2.18. The molecule has 0 aliphatic carbocycles. The first-order valence-electron chi connectivity index (χ1n) is 8.40. The Hall–Kier alpha value is -3.28. The molecular formula is C20H21N3O3. The molecule has 6 nitrogen and oxygen atoms in total. The van der Waals surface area contributed by atoms with E-state index in [1.807, 2.05) is 36.4 Å². The second kappa shape index (κ2) is 7.31. The van der Waals surface area contributed by atoms with Crippen LogP contribution < -0.4 is 10.9 Å². The number of aryl methyl sites for hydroxylation is 1. The van der Waals surface area contributed by atoms with Crippen molar-refractivity contribution in [2.75, 3.05) is 5.32 Å². The highest BCUT2D eigenvalue weighted by molar-refractivity contribution is 5.91. The van der Waals surface area contributed by atoms with Gasteiger partial charge in [-0.05, 0) is 37.1 Å². The van der Waals surface area contributed by atoms with E-state index in [1.165, 1.54) is 4.68 Å². The van der Waals surface area contributed by atoms with Crippen LogP contribution in [-0.4, -0.2) is 20.4 Å². The van der Waals surface area contributed by atoms with Gasteiger partial charge in [0, 0.05) is 13.5 Å². The molecule has 1 amide bonds. The summed E-state index contributed by atoms with van der Waals surface area (Å²) in [6.45, 7) is 1.79. The van der Waals surface area contributed by atoms with Crippen LogP contribution in [0.4, 0.5) is 5.69 Å². The number of anilines is 1. The van der Waals surface area contributed by atoms with Crippen LogP contribution in [-0.2, 0) is 18.3 Å². The number of aromatic nitrogens is 2. The van der Waals surface area contributed by atoms with Gasteiger partial charge >= 0.3 is 0 Å². The average molecular weight is 351 g/mol. The van der Waals surface area contributed by atoms with Crippen molar-refractivity contribution in [2.24, 2.45) is 7.05 Å². The smallest absolute Gasteiger partial charge is 0.295 e. The average Bonchev–Trinajstić information content (AvgIpc) is 2.85. The summed E-state index contributed by atoms with van der Waals surface area (Å²) >= 11 is 0. The van der Waals surface area contributed by atoms with Gasteiger partial charge in [0.2, 0.25) is 5.91 Å². The predicted octanol–water partition coefficient (Wildman–Crippen LogP) is 2.76. The maximum atomic E-state index is 12.8. The molecule has 1 aromatic heterocycles. The molecule has 3 rings (SSSR count). The van der Waals surface area contributed by atoms with E-state index in [2.05, 4.69) is 5.32 Å². The van der Waals surface area contributed by atoms with Crippen LogP contribution >= 0.6 is 0 Å². The van der Waals surface area contributed by atoms with Crippen LogP contribution in [0.3, 0.4) is 0 Å². The molecule has 26 heavy (non-hydrogen) atoms. The van der Waals surface area contributed by atoms with Gasteiger partial charge in [-0.2, -0.15) is 0 Å². The van der Waals surface area contributed by atoms with Gasteiger partial charge in [0.25, 0.3) is 5.56 Å². The number of nitrogens with one attached hydrogen (secondary N) is 1. The number of phenols is 1. The summed E-state index contributed by atoms with van der Waals surface area (Å²) in [5, 5.41) is 12.5. The van der Waals surface area contributed by atoms with Crippen molar-refractivity contribution < 1.29 is 9.90 Å². The van der Waals surface area contributed by atoms with Crippen LogP contribution in [0.15, 0.2) is 59.4 Å². The second-order valence-electron chi connectivity index (χ2n) is 6.11. The zero-order chi connectivity index (χ0) is 18.7. The Morgan fingerprint density at radius 3 is 2.42 bits per heavy atom. The quantitative estimate of drug-likeness (QED) is 0.742. The number of hydrogen-bond donors (Lipinski definition) is 2. The molecule has 2 N–H and O–H groups in total. The standard InChI is InChI=1S/C20H21N3O3/c1-14-19(20(26)23(22(14)2)16-9-4-3-5-10-16)21-18(25)13-12-15-8-6-7-11-17(15)24/h3-11,24H,12-13H2,1-2H3,(H,21,25). The largest absolute Gasteiger partial charge is 0.508 e. The number of amides is 1. The molecule has 0 aliphatic rings. The molecule has 0 saturated heterocycles. The van der Waals surface area contributed by atoms with Gasteiger partial charge in [0.15, 0.2) is 0 Å². The van der Waals surface area contributed by atoms with Crippen LogP contribution in [0, 0.1) is 6.92 Å². The lowest BCUT2D eigenvalue weighted by Gasteiger charge is -2.07. The summed E-state index contributed by atoms with van der Waals surface area (Å²) in [5.41, 5.74) is 2.12. The molecule has 3 aromatic rings. The lowest BCUT2D eigenvalue weighted by atomic mass is 10.1. The summed E-state index contributed by atoms with van der Waals surface area (Å²) in [6.07, 6.45) is 0.577. The molecule has 134 valence electrons. The third-order valence-corrected chi connectivity index (χ3v) is 4.43. The Balaban J connectivity index is 1.79. The minimum Gasteiger partial charge on any atom is -0.508 e. The zero-order valence-corrected chi connectivity index (χ0v) is 14.8. The summed E-state index contributed by atoms with van der Waals surface area (Å²) in [7, 11) is 1.78. The first kappa shape index (κ1) is 17.5. The molecule has 0 aliphatic heterocycles. The Morgan fingerprint density at radius 2 is 1.73 bits per heavy atom. The van der Waals surface area contributed by atoms with E-state index in [-0.39, 0.29) is 29.3 Å². The number of carbonyl (C=O) groups excluding carboxylic acids is 1. The number of benzene rings is 2. The number of nitrogens with zero attached hydrogens (tertiary/aromatic N) is 2. The van der Waals surface area contributed by atoms with Crippen LogP contribution in [0.5, 0.6) is 5.75 Å². The lowest BCUT2D eigenvalue weighted by molar-refractivity contribution is -0.116. The fourth-order valence-electron chi connectivity index (χ4n) is 2.88. The van der Waals surface area contributed by atoms with Crippen molar-refractivity contribution in [3.05, 3.63) is 76.2 Å². The summed E-state index contributed by atoms with van der Waals surface area (Å²) in [4.78, 5) is 25.1. The van der Waals surface area contributed by atoms with Crippen molar-refractivity contribution in [3.8, 4) is 11.4 Å². The fourth-order valence-corrected chi connectivity index (χ4v) is 2.88. The molecule has 0 unspecified atom stereocenters. The maximum absolute atomic E-state index is 12.8. The Bertz CT molecular complexity index is 987. The van der Waals surface area contributed by atoms with Gasteiger partial charge in [0.05, 0.1) is 11.4 Å². The van der Waals surface area contributed by atoms with E-state index >= 15 is 0 Å². The molecule has 0 saturated carbocycles. The Labute approximate surface area is 151 Å². The van der Waals surface area contributed by atoms with Gasteiger partial charge in [-0.15, -0.1) is 0 Å². The molecule has 6 heteroatoms. The van der Waals surface area contributed by atoms with Crippen LogP contribution in [0.1, 0.15) is 17.7 Å². The fraction of sp³-hybridized carbons (Fsp3) is 0.200. The number of hydrogen-bond acceptors (Lipinski definition) is 3. The van der Waals surface area contributed by atoms with E-state index in [1.54, 1.807) is 36.9 Å². The van der Waals surface area contributed by atoms with Crippen molar-refractivity contribution in [3.63, 3.8) is 0 Å². The van der Waals surface area contributed by atoms with Crippen LogP contribution in [0.25, 0.3) is 5.69 Å². The second-order valence-corrected chi connectivity index (χ2v) is 6.11. The zero-order valence-electron chi connectivity index (χ0n) is 14.8. The summed E-state index contributed by atoms with van der Waals surface area (Å²) < 4.78 is 3.24. The minimum absolute atomic E-state index is 0.169. The van der Waals surface area contributed by atoms with Gasteiger partial charge in [0.1, 0.15) is 11.4 Å². The predicted molar refractivity (Wildman–Crippen MR) is 101 cm³/mol. The maximum Gasteiger partial charge on any atom is 0.295 e. The molecule has 0 spiro atoms. The van der Waals surface area contributed by atoms with E-state index in [0.717, 1.165) is 5.69 Å². The van der Waals surface area contributed by atoms with Gasteiger partial charge in [-0.1, -0.05) is 36.4 Å². The highest BCUT2D eigenvalue weighted by Gasteiger charge is 2.18. The first-order chi connectivity index (χ1) is 12.5. The van der Waals surface area contributed by atoms with Gasteiger partial charge in [-0.25, -0.2) is 4.68 Å². The molecule has 0 atom stereocenters. The number of aromatic hydroxyl groups is 1. The summed E-state index contributed by atoms with van der Waals surface area (Å²) in [6, 6.07) is 16.2. The third kappa shape index (κ3) is 3.39. The molecule has 0 bridgehead atoms. The van der Waals surface area contributed by atoms with E-state index in [4.69, 9.17) is 0 Å². The van der Waals surface area contributed by atoms with Gasteiger partial charge < -0.3 is 10.4 Å². The van der Waals surface area contributed by atoms with E-state index < -0.39 is 0 Å². The SMILES string of the molecule is Cc1c(NC(=O)CCc2ccccc2O)c(=O)n(-c2ccccc2)n1C. The van der Waals surface area contributed by atoms with Crippen molar-refractivity contribution >= 4 is 11.6 Å². The summed E-state index contributed by atoms with van der Waals surface area (Å²) in [5.74, 6) is -0.0955. The number of rotatable bonds is 5. The topological polar surface area (TPSA) is 76.3 Å². The normalized spacial score (nSPS) is 10.7. The third-order valence-electron chi connectivity index (χ3n) is 4.43. The van der Waals surface area contributed by atoms with Crippen molar-refractivity contribution in [2.45, 2.75) is 19.8 Å². The van der Waals surface area contributed by atoms with Crippen molar-refractivity contribution in [1.29, 1.82) is 0 Å².